The minimum absolute atomic E-state index is 0.00956. The van der Waals surface area contributed by atoms with E-state index in [1.165, 1.54) is 12.1 Å². The van der Waals surface area contributed by atoms with Crippen LogP contribution in [0.3, 0.4) is 0 Å². The number of nitrogens with zero attached hydrogens (tertiary/aromatic N) is 3. The highest BCUT2D eigenvalue weighted by Gasteiger charge is 2.12. The van der Waals surface area contributed by atoms with Gasteiger partial charge in [0.1, 0.15) is 5.82 Å². The first kappa shape index (κ1) is 17.7. The van der Waals surface area contributed by atoms with E-state index in [1.807, 2.05) is 19.9 Å². The molecule has 3 rings (SSSR count). The molecule has 2 heterocycles. The first-order valence-corrected chi connectivity index (χ1v) is 8.34. The lowest BCUT2D eigenvalue weighted by atomic mass is 10.2. The van der Waals surface area contributed by atoms with E-state index >= 15 is 0 Å². The number of pyridine rings is 1. The maximum Gasteiger partial charge on any atom is 0.225 e. The molecule has 1 atom stereocenters. The third-order valence-electron chi connectivity index (χ3n) is 3.89. The zero-order valence-corrected chi connectivity index (χ0v) is 14.5. The predicted octanol–water partition coefficient (Wildman–Crippen LogP) is 4.77. The van der Waals surface area contributed by atoms with Crippen molar-refractivity contribution in [1.82, 2.24) is 15.0 Å². The van der Waals surface area contributed by atoms with Gasteiger partial charge in [0.2, 0.25) is 5.95 Å². The summed E-state index contributed by atoms with van der Waals surface area (Å²) in [5, 5.41) is 6.03. The molecule has 0 aliphatic heterocycles. The standard InChI is InChI=1S/C19H19F2N5/c1-3-12(2)23-19-25-16(13-6-5-9-22-11-13)10-17(26-19)24-15-8-4-7-14(20)18(15)21/h4-12H,3H2,1-2H3,(H2,23,24,25,26)/t12-/m0/s1. The van der Waals surface area contributed by atoms with E-state index in [9.17, 15) is 8.78 Å². The molecule has 26 heavy (non-hydrogen) atoms. The van der Waals surface area contributed by atoms with Gasteiger partial charge < -0.3 is 10.6 Å². The minimum Gasteiger partial charge on any atom is -0.352 e. The molecule has 134 valence electrons. The van der Waals surface area contributed by atoms with E-state index in [0.717, 1.165) is 18.1 Å². The molecule has 0 aliphatic rings. The normalized spacial score (nSPS) is 11.8. The molecular weight excluding hydrogens is 336 g/mol. The van der Waals surface area contributed by atoms with Crippen molar-refractivity contribution in [1.29, 1.82) is 0 Å². The lowest BCUT2D eigenvalue weighted by molar-refractivity contribution is 0.511. The molecule has 0 unspecified atom stereocenters. The van der Waals surface area contributed by atoms with Gasteiger partial charge in [-0.3, -0.25) is 4.98 Å². The highest BCUT2D eigenvalue weighted by molar-refractivity contribution is 5.67. The van der Waals surface area contributed by atoms with Crippen LogP contribution in [0.5, 0.6) is 0 Å². The van der Waals surface area contributed by atoms with Crippen molar-refractivity contribution in [3.63, 3.8) is 0 Å². The number of nitrogens with one attached hydrogen (secondary N) is 2. The first-order valence-electron chi connectivity index (χ1n) is 8.34. The Labute approximate surface area is 150 Å². The maximum absolute atomic E-state index is 14.0. The van der Waals surface area contributed by atoms with Crippen molar-refractivity contribution in [2.45, 2.75) is 26.3 Å². The van der Waals surface area contributed by atoms with Crippen molar-refractivity contribution >= 4 is 17.5 Å². The number of rotatable bonds is 6. The van der Waals surface area contributed by atoms with Crippen molar-refractivity contribution in [2.75, 3.05) is 10.6 Å². The summed E-state index contributed by atoms with van der Waals surface area (Å²) in [5.41, 5.74) is 1.43. The predicted molar refractivity (Wildman–Crippen MR) is 98.3 cm³/mol. The summed E-state index contributed by atoms with van der Waals surface area (Å²) in [7, 11) is 0. The van der Waals surface area contributed by atoms with Crippen LogP contribution in [0.25, 0.3) is 11.3 Å². The fraction of sp³-hybridized carbons (Fsp3) is 0.211. The number of anilines is 3. The van der Waals surface area contributed by atoms with Gasteiger partial charge in [-0.15, -0.1) is 0 Å². The average Bonchev–Trinajstić information content (AvgIpc) is 2.66. The summed E-state index contributed by atoms with van der Waals surface area (Å²) in [6.45, 7) is 4.06. The Hall–Kier alpha value is -3.09. The van der Waals surface area contributed by atoms with Gasteiger partial charge in [-0.1, -0.05) is 13.0 Å². The molecule has 3 aromatic rings. The number of hydrogen-bond acceptors (Lipinski definition) is 5. The van der Waals surface area contributed by atoms with Crippen LogP contribution in [-0.4, -0.2) is 21.0 Å². The Morgan fingerprint density at radius 3 is 2.69 bits per heavy atom. The molecule has 0 bridgehead atoms. The molecule has 1 aromatic carbocycles. The van der Waals surface area contributed by atoms with E-state index < -0.39 is 11.6 Å². The lowest BCUT2D eigenvalue weighted by Gasteiger charge is -2.15. The van der Waals surface area contributed by atoms with Gasteiger partial charge in [0, 0.05) is 30.1 Å². The summed E-state index contributed by atoms with van der Waals surface area (Å²) in [4.78, 5) is 13.0. The van der Waals surface area contributed by atoms with E-state index in [1.54, 1.807) is 24.5 Å². The summed E-state index contributed by atoms with van der Waals surface area (Å²) < 4.78 is 27.4. The molecule has 0 saturated heterocycles. The third kappa shape index (κ3) is 4.11. The van der Waals surface area contributed by atoms with Gasteiger partial charge in [-0.2, -0.15) is 4.98 Å². The molecule has 2 aromatic heterocycles. The van der Waals surface area contributed by atoms with Crippen LogP contribution in [0.15, 0.2) is 48.8 Å². The Kier molecular flexibility index (Phi) is 5.36. The van der Waals surface area contributed by atoms with E-state index in [-0.39, 0.29) is 11.7 Å². The number of hydrogen-bond donors (Lipinski definition) is 2. The second kappa shape index (κ2) is 7.86. The zero-order valence-electron chi connectivity index (χ0n) is 14.5. The smallest absolute Gasteiger partial charge is 0.225 e. The van der Waals surface area contributed by atoms with E-state index in [2.05, 4.69) is 25.6 Å². The average molecular weight is 355 g/mol. The highest BCUT2D eigenvalue weighted by Crippen LogP contribution is 2.25. The van der Waals surface area contributed by atoms with Crippen LogP contribution < -0.4 is 10.6 Å². The molecule has 0 saturated carbocycles. The van der Waals surface area contributed by atoms with Crippen LogP contribution in [-0.2, 0) is 0 Å². The Bertz CT molecular complexity index is 886. The minimum atomic E-state index is -0.953. The molecule has 0 aliphatic carbocycles. The molecule has 2 N–H and O–H groups in total. The second-order valence-corrected chi connectivity index (χ2v) is 5.88. The summed E-state index contributed by atoms with van der Waals surface area (Å²) in [6.07, 6.45) is 4.24. The molecule has 5 nitrogen and oxygen atoms in total. The van der Waals surface area contributed by atoms with Gasteiger partial charge in [-0.05, 0) is 37.6 Å². The Morgan fingerprint density at radius 2 is 1.96 bits per heavy atom. The van der Waals surface area contributed by atoms with Crippen molar-refractivity contribution in [3.05, 3.63) is 60.4 Å². The number of benzene rings is 1. The van der Waals surface area contributed by atoms with Crippen LogP contribution in [0.4, 0.5) is 26.2 Å². The molecule has 0 amide bonds. The Balaban J connectivity index is 2.00. The van der Waals surface area contributed by atoms with E-state index in [4.69, 9.17) is 0 Å². The zero-order chi connectivity index (χ0) is 18.5. The monoisotopic (exact) mass is 355 g/mol. The van der Waals surface area contributed by atoms with Gasteiger partial charge in [-0.25, -0.2) is 13.8 Å². The number of halogens is 2. The topological polar surface area (TPSA) is 62.7 Å². The van der Waals surface area contributed by atoms with Crippen molar-refractivity contribution in [2.24, 2.45) is 0 Å². The number of aromatic nitrogens is 3. The van der Waals surface area contributed by atoms with Gasteiger partial charge in [0.15, 0.2) is 11.6 Å². The third-order valence-corrected chi connectivity index (χ3v) is 3.89. The first-order chi connectivity index (χ1) is 12.6. The van der Waals surface area contributed by atoms with Crippen molar-refractivity contribution in [3.8, 4) is 11.3 Å². The van der Waals surface area contributed by atoms with Crippen LogP contribution in [0, 0.1) is 11.6 Å². The van der Waals surface area contributed by atoms with Crippen LogP contribution in [0.2, 0.25) is 0 Å². The molecule has 7 heteroatoms. The molecular formula is C19H19F2N5. The van der Waals surface area contributed by atoms with E-state index in [0.29, 0.717) is 17.5 Å². The fourth-order valence-electron chi connectivity index (χ4n) is 2.30. The van der Waals surface area contributed by atoms with Crippen LogP contribution in [0.1, 0.15) is 20.3 Å². The van der Waals surface area contributed by atoms with Crippen LogP contribution >= 0.6 is 0 Å². The molecule has 0 fully saturated rings. The summed E-state index contributed by atoms with van der Waals surface area (Å²) in [5.74, 6) is -1.12. The largest absolute Gasteiger partial charge is 0.352 e. The summed E-state index contributed by atoms with van der Waals surface area (Å²) >= 11 is 0. The SMILES string of the molecule is CC[C@H](C)Nc1nc(Nc2cccc(F)c2F)cc(-c2cccnc2)n1. The maximum atomic E-state index is 14.0. The Morgan fingerprint density at radius 1 is 1.12 bits per heavy atom. The quantitative estimate of drug-likeness (QED) is 0.667. The van der Waals surface area contributed by atoms with Gasteiger partial charge >= 0.3 is 0 Å². The highest BCUT2D eigenvalue weighted by atomic mass is 19.2. The second-order valence-electron chi connectivity index (χ2n) is 5.88. The van der Waals surface area contributed by atoms with Crippen molar-refractivity contribution < 1.29 is 8.78 Å². The van der Waals surface area contributed by atoms with Gasteiger partial charge in [0.05, 0.1) is 11.4 Å². The molecule has 0 spiro atoms. The lowest BCUT2D eigenvalue weighted by Crippen LogP contribution is -2.16. The van der Waals surface area contributed by atoms with Gasteiger partial charge in [0.25, 0.3) is 0 Å². The molecule has 0 radical (unpaired) electrons. The summed E-state index contributed by atoms with van der Waals surface area (Å²) in [6, 6.07) is 9.46. The fourth-order valence-corrected chi connectivity index (χ4v) is 2.30.